The topological polar surface area (TPSA) is 42.1 Å². The van der Waals surface area contributed by atoms with E-state index in [1.165, 1.54) is 0 Å². The van der Waals surface area contributed by atoms with Crippen LogP contribution in [0, 0.1) is 11.8 Å². The Morgan fingerprint density at radius 3 is 2.60 bits per heavy atom. The Labute approximate surface area is 91.3 Å². The maximum absolute atomic E-state index is 5.59. The molecule has 1 aliphatic heterocycles. The first kappa shape index (κ1) is 10.4. The van der Waals surface area contributed by atoms with Gasteiger partial charge < -0.3 is 10.6 Å². The van der Waals surface area contributed by atoms with Crippen LogP contribution in [0.15, 0.2) is 18.2 Å². The molecule has 2 unspecified atom stereocenters. The molecule has 3 nitrogen and oxygen atoms in total. The van der Waals surface area contributed by atoms with Crippen molar-refractivity contribution in [1.29, 1.82) is 0 Å². The summed E-state index contributed by atoms with van der Waals surface area (Å²) in [5.41, 5.74) is 6.56. The minimum absolute atomic E-state index is 0.521. The Hall–Kier alpha value is -1.09. The third-order valence-electron chi connectivity index (χ3n) is 3.31. The van der Waals surface area contributed by atoms with Crippen molar-refractivity contribution in [3.8, 4) is 0 Å². The molecule has 15 heavy (non-hydrogen) atoms. The SMILES string of the molecule is CC1CN(c2cccc(CN)n2)CC1C. The monoisotopic (exact) mass is 205 g/mol. The van der Waals surface area contributed by atoms with Crippen LogP contribution < -0.4 is 10.6 Å². The van der Waals surface area contributed by atoms with Gasteiger partial charge in [-0.2, -0.15) is 0 Å². The van der Waals surface area contributed by atoms with E-state index in [9.17, 15) is 0 Å². The van der Waals surface area contributed by atoms with Crippen LogP contribution in [0.1, 0.15) is 19.5 Å². The second kappa shape index (κ2) is 4.19. The molecular weight excluding hydrogens is 186 g/mol. The van der Waals surface area contributed by atoms with Crippen LogP contribution >= 0.6 is 0 Å². The smallest absolute Gasteiger partial charge is 0.128 e. The van der Waals surface area contributed by atoms with Gasteiger partial charge in [-0.05, 0) is 24.0 Å². The average molecular weight is 205 g/mol. The fourth-order valence-corrected chi connectivity index (χ4v) is 2.07. The lowest BCUT2D eigenvalue weighted by Crippen LogP contribution is -2.21. The molecule has 0 saturated carbocycles. The van der Waals surface area contributed by atoms with Gasteiger partial charge in [-0.3, -0.25) is 0 Å². The second-order valence-electron chi connectivity index (χ2n) is 4.55. The van der Waals surface area contributed by atoms with Crippen molar-refractivity contribution in [3.63, 3.8) is 0 Å². The summed E-state index contributed by atoms with van der Waals surface area (Å²) in [6, 6.07) is 6.09. The molecule has 2 heterocycles. The number of hydrogen-bond donors (Lipinski definition) is 1. The van der Waals surface area contributed by atoms with Crippen LogP contribution in [0.5, 0.6) is 0 Å². The van der Waals surface area contributed by atoms with Crippen LogP contribution in [-0.4, -0.2) is 18.1 Å². The van der Waals surface area contributed by atoms with E-state index < -0.39 is 0 Å². The Morgan fingerprint density at radius 2 is 2.00 bits per heavy atom. The Morgan fingerprint density at radius 1 is 1.33 bits per heavy atom. The zero-order valence-electron chi connectivity index (χ0n) is 9.48. The molecule has 3 heteroatoms. The third kappa shape index (κ3) is 2.12. The quantitative estimate of drug-likeness (QED) is 0.798. The molecule has 1 aromatic heterocycles. The highest BCUT2D eigenvalue weighted by Crippen LogP contribution is 2.26. The predicted octanol–water partition coefficient (Wildman–Crippen LogP) is 1.63. The van der Waals surface area contributed by atoms with E-state index in [2.05, 4.69) is 29.8 Å². The summed E-state index contributed by atoms with van der Waals surface area (Å²) in [6.07, 6.45) is 0. The van der Waals surface area contributed by atoms with E-state index in [4.69, 9.17) is 5.73 Å². The second-order valence-corrected chi connectivity index (χ2v) is 4.55. The van der Waals surface area contributed by atoms with Gasteiger partial charge in [0.2, 0.25) is 0 Å². The molecule has 2 atom stereocenters. The van der Waals surface area contributed by atoms with Crippen molar-refractivity contribution in [1.82, 2.24) is 4.98 Å². The summed E-state index contributed by atoms with van der Waals surface area (Å²) >= 11 is 0. The zero-order valence-corrected chi connectivity index (χ0v) is 9.48. The first-order chi connectivity index (χ1) is 7.20. The van der Waals surface area contributed by atoms with Gasteiger partial charge in [0.1, 0.15) is 5.82 Å². The van der Waals surface area contributed by atoms with Crippen molar-refractivity contribution < 1.29 is 0 Å². The Kier molecular flexibility index (Phi) is 2.91. The molecule has 1 fully saturated rings. The molecule has 0 bridgehead atoms. The maximum atomic E-state index is 5.59. The number of pyridine rings is 1. The summed E-state index contributed by atoms with van der Waals surface area (Å²) in [4.78, 5) is 6.90. The molecule has 0 spiro atoms. The largest absolute Gasteiger partial charge is 0.356 e. The van der Waals surface area contributed by atoms with Crippen molar-refractivity contribution in [2.45, 2.75) is 20.4 Å². The standard InChI is InChI=1S/C12H19N3/c1-9-7-15(8-10(9)2)12-5-3-4-11(6-13)14-12/h3-5,9-10H,6-8,13H2,1-2H3. The fourth-order valence-electron chi connectivity index (χ4n) is 2.07. The number of anilines is 1. The van der Waals surface area contributed by atoms with Crippen LogP contribution in [0.4, 0.5) is 5.82 Å². The summed E-state index contributed by atoms with van der Waals surface area (Å²) < 4.78 is 0. The molecule has 1 aromatic rings. The van der Waals surface area contributed by atoms with Crippen LogP contribution in [0.25, 0.3) is 0 Å². The molecule has 1 saturated heterocycles. The fraction of sp³-hybridized carbons (Fsp3) is 0.583. The van der Waals surface area contributed by atoms with Crippen molar-refractivity contribution in [2.75, 3.05) is 18.0 Å². The lowest BCUT2D eigenvalue weighted by molar-refractivity contribution is 0.494. The average Bonchev–Trinajstić information content (AvgIpc) is 2.59. The highest BCUT2D eigenvalue weighted by Gasteiger charge is 2.26. The highest BCUT2D eigenvalue weighted by molar-refractivity contribution is 5.40. The van der Waals surface area contributed by atoms with Crippen molar-refractivity contribution in [2.24, 2.45) is 17.6 Å². The van der Waals surface area contributed by atoms with E-state index >= 15 is 0 Å². The van der Waals surface area contributed by atoms with Gasteiger partial charge in [0, 0.05) is 19.6 Å². The highest BCUT2D eigenvalue weighted by atomic mass is 15.2. The molecule has 1 aliphatic rings. The van der Waals surface area contributed by atoms with Crippen LogP contribution in [0.3, 0.4) is 0 Å². The van der Waals surface area contributed by atoms with E-state index in [1.807, 2.05) is 12.1 Å². The Balaban J connectivity index is 2.16. The molecular formula is C12H19N3. The molecule has 2 rings (SSSR count). The third-order valence-corrected chi connectivity index (χ3v) is 3.31. The van der Waals surface area contributed by atoms with E-state index in [0.717, 1.165) is 36.4 Å². The summed E-state index contributed by atoms with van der Waals surface area (Å²) in [5, 5.41) is 0. The minimum atomic E-state index is 0.521. The molecule has 0 amide bonds. The number of hydrogen-bond acceptors (Lipinski definition) is 3. The van der Waals surface area contributed by atoms with Crippen molar-refractivity contribution in [3.05, 3.63) is 23.9 Å². The molecule has 0 radical (unpaired) electrons. The first-order valence-corrected chi connectivity index (χ1v) is 5.61. The molecule has 2 N–H and O–H groups in total. The number of nitrogens with zero attached hydrogens (tertiary/aromatic N) is 2. The summed E-state index contributed by atoms with van der Waals surface area (Å²) in [6.45, 7) is 7.35. The molecule has 0 aliphatic carbocycles. The number of nitrogens with two attached hydrogens (primary N) is 1. The van der Waals surface area contributed by atoms with E-state index in [0.29, 0.717) is 6.54 Å². The van der Waals surface area contributed by atoms with Crippen molar-refractivity contribution >= 4 is 5.82 Å². The van der Waals surface area contributed by atoms with E-state index in [1.54, 1.807) is 0 Å². The zero-order chi connectivity index (χ0) is 10.8. The lowest BCUT2D eigenvalue weighted by Gasteiger charge is -2.17. The van der Waals surface area contributed by atoms with Gasteiger partial charge in [-0.1, -0.05) is 19.9 Å². The normalized spacial score (nSPS) is 25.9. The Bertz CT molecular complexity index is 327. The van der Waals surface area contributed by atoms with Gasteiger partial charge in [-0.25, -0.2) is 4.98 Å². The van der Waals surface area contributed by atoms with Gasteiger partial charge in [-0.15, -0.1) is 0 Å². The van der Waals surface area contributed by atoms with E-state index in [-0.39, 0.29) is 0 Å². The van der Waals surface area contributed by atoms with Gasteiger partial charge in [0.05, 0.1) is 5.69 Å². The lowest BCUT2D eigenvalue weighted by atomic mass is 10.0. The molecule has 82 valence electrons. The predicted molar refractivity (Wildman–Crippen MR) is 62.7 cm³/mol. The van der Waals surface area contributed by atoms with Crippen LogP contribution in [-0.2, 0) is 6.54 Å². The minimum Gasteiger partial charge on any atom is -0.356 e. The van der Waals surface area contributed by atoms with Crippen LogP contribution in [0.2, 0.25) is 0 Å². The van der Waals surface area contributed by atoms with Gasteiger partial charge in [0.25, 0.3) is 0 Å². The maximum Gasteiger partial charge on any atom is 0.128 e. The van der Waals surface area contributed by atoms with Gasteiger partial charge in [0.15, 0.2) is 0 Å². The van der Waals surface area contributed by atoms with Gasteiger partial charge >= 0.3 is 0 Å². The number of aromatic nitrogens is 1. The summed E-state index contributed by atoms with van der Waals surface area (Å²) in [7, 11) is 0. The number of rotatable bonds is 2. The summed E-state index contributed by atoms with van der Waals surface area (Å²) in [5.74, 6) is 2.59. The molecule has 0 aromatic carbocycles. The first-order valence-electron chi connectivity index (χ1n) is 5.61.